The van der Waals surface area contributed by atoms with Crippen molar-refractivity contribution in [3.05, 3.63) is 29.3 Å². The van der Waals surface area contributed by atoms with Crippen LogP contribution >= 0.6 is 0 Å². The van der Waals surface area contributed by atoms with Crippen LogP contribution in [0, 0.1) is 0 Å². The van der Waals surface area contributed by atoms with Gasteiger partial charge in [-0.1, -0.05) is 12.1 Å². The number of carbonyl (C=O) groups is 1. The molecule has 2 atom stereocenters. The number of hydrogen-bond donors (Lipinski definition) is 2. The zero-order valence-electron chi connectivity index (χ0n) is 9.14. The van der Waals surface area contributed by atoms with Crippen molar-refractivity contribution in [2.24, 2.45) is 5.73 Å². The van der Waals surface area contributed by atoms with E-state index in [1.165, 1.54) is 5.56 Å². The molecule has 0 bridgehead atoms. The molecule has 0 aliphatic carbocycles. The second-order valence-electron chi connectivity index (χ2n) is 4.22. The third-order valence-electron chi connectivity index (χ3n) is 2.74. The smallest absolute Gasteiger partial charge is 0.320 e. The molecule has 0 spiro atoms. The maximum Gasteiger partial charge on any atom is 0.320 e. The molecule has 2 rings (SSSR count). The lowest BCUT2D eigenvalue weighted by molar-refractivity contribution is -0.138. The standard InChI is InChI=1S/C12H15NO3/c1-7-4-9-3-2-8(6-11(9)16-7)5-10(13)12(14)15/h2-3,6-7,10H,4-5,13H2,1H3,(H,14,15). The summed E-state index contributed by atoms with van der Waals surface area (Å²) in [6.07, 6.45) is 1.46. The highest BCUT2D eigenvalue weighted by Gasteiger charge is 2.20. The van der Waals surface area contributed by atoms with Crippen molar-refractivity contribution in [2.45, 2.75) is 31.9 Å². The van der Waals surface area contributed by atoms with Gasteiger partial charge in [-0.05, 0) is 30.5 Å². The third-order valence-corrected chi connectivity index (χ3v) is 2.74. The van der Waals surface area contributed by atoms with Gasteiger partial charge in [0.2, 0.25) is 0 Å². The lowest BCUT2D eigenvalue weighted by Crippen LogP contribution is -2.32. The summed E-state index contributed by atoms with van der Waals surface area (Å²) in [5, 5.41) is 8.72. The van der Waals surface area contributed by atoms with E-state index in [0.29, 0.717) is 6.42 Å². The van der Waals surface area contributed by atoms with Gasteiger partial charge in [0.25, 0.3) is 0 Å². The fourth-order valence-corrected chi connectivity index (χ4v) is 1.91. The van der Waals surface area contributed by atoms with Crippen molar-refractivity contribution in [1.82, 2.24) is 0 Å². The molecule has 1 aromatic carbocycles. The van der Waals surface area contributed by atoms with Gasteiger partial charge in [-0.15, -0.1) is 0 Å². The van der Waals surface area contributed by atoms with Crippen molar-refractivity contribution in [3.63, 3.8) is 0 Å². The van der Waals surface area contributed by atoms with Gasteiger partial charge >= 0.3 is 5.97 Å². The first-order valence-corrected chi connectivity index (χ1v) is 5.33. The van der Waals surface area contributed by atoms with E-state index in [0.717, 1.165) is 17.7 Å². The van der Waals surface area contributed by atoms with Crippen molar-refractivity contribution in [1.29, 1.82) is 0 Å². The monoisotopic (exact) mass is 221 g/mol. The van der Waals surface area contributed by atoms with Gasteiger partial charge in [-0.2, -0.15) is 0 Å². The number of rotatable bonds is 3. The van der Waals surface area contributed by atoms with Crippen LogP contribution in [0.25, 0.3) is 0 Å². The first-order valence-electron chi connectivity index (χ1n) is 5.33. The van der Waals surface area contributed by atoms with E-state index >= 15 is 0 Å². The zero-order chi connectivity index (χ0) is 11.7. The fraction of sp³-hybridized carbons (Fsp3) is 0.417. The van der Waals surface area contributed by atoms with Crippen LogP contribution in [0.3, 0.4) is 0 Å². The molecule has 0 saturated heterocycles. The summed E-state index contributed by atoms with van der Waals surface area (Å²) in [6.45, 7) is 2.02. The van der Waals surface area contributed by atoms with Crippen molar-refractivity contribution in [3.8, 4) is 5.75 Å². The predicted molar refractivity (Wildman–Crippen MR) is 59.6 cm³/mol. The lowest BCUT2D eigenvalue weighted by atomic mass is 10.0. The second-order valence-corrected chi connectivity index (χ2v) is 4.22. The Labute approximate surface area is 94.0 Å². The summed E-state index contributed by atoms with van der Waals surface area (Å²) in [4.78, 5) is 10.6. The number of carboxylic acids is 1. The summed E-state index contributed by atoms with van der Waals surface area (Å²) in [5.41, 5.74) is 7.57. The quantitative estimate of drug-likeness (QED) is 0.797. The molecule has 1 heterocycles. The molecule has 1 aromatic rings. The largest absolute Gasteiger partial charge is 0.490 e. The number of carboxylic acid groups (broad SMARTS) is 1. The van der Waals surface area contributed by atoms with Crippen LogP contribution in [0.1, 0.15) is 18.1 Å². The molecule has 16 heavy (non-hydrogen) atoms. The Morgan fingerprint density at radius 1 is 1.69 bits per heavy atom. The number of nitrogens with two attached hydrogens (primary N) is 1. The summed E-state index contributed by atoms with van der Waals surface area (Å²) in [5.74, 6) is -0.114. The molecule has 1 aliphatic heterocycles. The highest BCUT2D eigenvalue weighted by Crippen LogP contribution is 2.29. The summed E-state index contributed by atoms with van der Waals surface area (Å²) >= 11 is 0. The summed E-state index contributed by atoms with van der Waals surface area (Å²) in [6, 6.07) is 4.95. The zero-order valence-corrected chi connectivity index (χ0v) is 9.14. The van der Waals surface area contributed by atoms with Crippen LogP contribution in [0.2, 0.25) is 0 Å². The molecule has 0 amide bonds. The van der Waals surface area contributed by atoms with Crippen molar-refractivity contribution < 1.29 is 14.6 Å². The minimum absolute atomic E-state index is 0.207. The molecule has 2 unspecified atom stereocenters. The molecular weight excluding hydrogens is 206 g/mol. The Kier molecular flexibility index (Phi) is 2.83. The van der Waals surface area contributed by atoms with Crippen LogP contribution in [0.4, 0.5) is 0 Å². The van der Waals surface area contributed by atoms with Crippen LogP contribution in [-0.4, -0.2) is 23.2 Å². The van der Waals surface area contributed by atoms with E-state index < -0.39 is 12.0 Å². The van der Waals surface area contributed by atoms with Gasteiger partial charge < -0.3 is 15.6 Å². The average molecular weight is 221 g/mol. The molecule has 1 aliphatic rings. The van der Waals surface area contributed by atoms with Gasteiger partial charge in [0.1, 0.15) is 17.9 Å². The number of fused-ring (bicyclic) bond motifs is 1. The molecule has 4 nitrogen and oxygen atoms in total. The van der Waals surface area contributed by atoms with E-state index in [2.05, 4.69) is 0 Å². The van der Waals surface area contributed by atoms with Crippen molar-refractivity contribution >= 4 is 5.97 Å². The number of benzene rings is 1. The highest BCUT2D eigenvalue weighted by atomic mass is 16.5. The van der Waals surface area contributed by atoms with Crippen LogP contribution in [-0.2, 0) is 17.6 Å². The lowest BCUT2D eigenvalue weighted by Gasteiger charge is -2.08. The van der Waals surface area contributed by atoms with Gasteiger partial charge in [0, 0.05) is 6.42 Å². The van der Waals surface area contributed by atoms with E-state index in [9.17, 15) is 4.79 Å². The predicted octanol–water partition coefficient (Wildman–Crippen LogP) is 0.964. The van der Waals surface area contributed by atoms with Gasteiger partial charge in [-0.3, -0.25) is 4.79 Å². The van der Waals surface area contributed by atoms with E-state index in [-0.39, 0.29) is 6.10 Å². The first-order chi connectivity index (χ1) is 7.56. The molecule has 0 aromatic heterocycles. The molecule has 3 N–H and O–H groups in total. The fourth-order valence-electron chi connectivity index (χ4n) is 1.91. The number of ether oxygens (including phenoxy) is 1. The van der Waals surface area contributed by atoms with Crippen LogP contribution in [0.5, 0.6) is 5.75 Å². The highest BCUT2D eigenvalue weighted by molar-refractivity contribution is 5.73. The van der Waals surface area contributed by atoms with E-state index in [4.69, 9.17) is 15.6 Å². The van der Waals surface area contributed by atoms with E-state index in [1.54, 1.807) is 0 Å². The molecule has 0 fully saturated rings. The molecular formula is C12H15NO3. The third kappa shape index (κ3) is 2.17. The van der Waals surface area contributed by atoms with Crippen molar-refractivity contribution in [2.75, 3.05) is 0 Å². The maximum absolute atomic E-state index is 10.6. The second kappa shape index (κ2) is 4.14. The van der Waals surface area contributed by atoms with Crippen LogP contribution < -0.4 is 10.5 Å². The Balaban J connectivity index is 2.13. The van der Waals surface area contributed by atoms with Gasteiger partial charge in [0.05, 0.1) is 0 Å². The maximum atomic E-state index is 10.6. The van der Waals surface area contributed by atoms with E-state index in [1.807, 2.05) is 25.1 Å². The van der Waals surface area contributed by atoms with Gasteiger partial charge in [-0.25, -0.2) is 0 Å². The summed E-state index contributed by atoms with van der Waals surface area (Å²) < 4.78 is 5.60. The minimum Gasteiger partial charge on any atom is -0.490 e. The normalized spacial score (nSPS) is 20.0. The average Bonchev–Trinajstić information content (AvgIpc) is 2.57. The Morgan fingerprint density at radius 2 is 2.44 bits per heavy atom. The Bertz CT molecular complexity index is 417. The molecule has 0 radical (unpaired) electrons. The van der Waals surface area contributed by atoms with Crippen LogP contribution in [0.15, 0.2) is 18.2 Å². The molecule has 86 valence electrons. The molecule has 0 saturated carbocycles. The Morgan fingerprint density at radius 3 is 3.12 bits per heavy atom. The van der Waals surface area contributed by atoms with Gasteiger partial charge in [0.15, 0.2) is 0 Å². The summed E-state index contributed by atoms with van der Waals surface area (Å²) in [7, 11) is 0. The topological polar surface area (TPSA) is 72.6 Å². The first kappa shape index (κ1) is 11.0. The minimum atomic E-state index is -0.977. The Hall–Kier alpha value is -1.55. The number of hydrogen-bond acceptors (Lipinski definition) is 3. The molecule has 4 heteroatoms. The number of aliphatic carboxylic acids is 1. The SMILES string of the molecule is CC1Cc2ccc(CC(N)C(=O)O)cc2O1.